The van der Waals surface area contributed by atoms with Gasteiger partial charge in [0.25, 0.3) is 5.91 Å². The summed E-state index contributed by atoms with van der Waals surface area (Å²) < 4.78 is 11.2. The summed E-state index contributed by atoms with van der Waals surface area (Å²) in [5, 5.41) is 4.75. The molecule has 1 atom stereocenters. The molecule has 35 heavy (non-hydrogen) atoms. The minimum Gasteiger partial charge on any atom is -0.497 e. The van der Waals surface area contributed by atoms with E-state index in [0.29, 0.717) is 40.4 Å². The Labute approximate surface area is 199 Å². The number of carbonyl (C=O) groups excluding carboxylic acids is 3. The molecule has 0 spiro atoms. The molecule has 4 amide bonds. The van der Waals surface area contributed by atoms with Gasteiger partial charge in [-0.3, -0.25) is 14.9 Å². The van der Waals surface area contributed by atoms with Crippen molar-refractivity contribution in [2.24, 2.45) is 0 Å². The zero-order valence-electron chi connectivity index (χ0n) is 18.6. The van der Waals surface area contributed by atoms with Gasteiger partial charge in [0.15, 0.2) is 5.58 Å². The number of imide groups is 1. The van der Waals surface area contributed by atoms with Crippen LogP contribution in [-0.2, 0) is 11.3 Å². The number of urea groups is 1. The topological polar surface area (TPSA) is 140 Å². The van der Waals surface area contributed by atoms with E-state index in [4.69, 9.17) is 9.15 Å². The van der Waals surface area contributed by atoms with Crippen molar-refractivity contribution in [1.82, 2.24) is 30.5 Å². The summed E-state index contributed by atoms with van der Waals surface area (Å²) in [4.78, 5) is 50.2. The maximum atomic E-state index is 13.0. The Bertz CT molecular complexity index is 1420. The van der Waals surface area contributed by atoms with Crippen molar-refractivity contribution in [2.75, 3.05) is 13.7 Å². The van der Waals surface area contributed by atoms with E-state index in [1.807, 2.05) is 6.07 Å². The highest BCUT2D eigenvalue weighted by atomic mass is 16.5. The molecule has 3 aromatic heterocycles. The average Bonchev–Trinajstić information content (AvgIpc) is 3.44. The van der Waals surface area contributed by atoms with Gasteiger partial charge in [-0.05, 0) is 29.8 Å². The van der Waals surface area contributed by atoms with Gasteiger partial charge in [-0.1, -0.05) is 6.07 Å². The van der Waals surface area contributed by atoms with Gasteiger partial charge in [-0.25, -0.2) is 19.7 Å². The molecule has 0 saturated heterocycles. The largest absolute Gasteiger partial charge is 0.497 e. The molecule has 11 nitrogen and oxygen atoms in total. The minimum absolute atomic E-state index is 0.112. The molecule has 0 saturated carbocycles. The van der Waals surface area contributed by atoms with Crippen LogP contribution in [0.2, 0.25) is 0 Å². The van der Waals surface area contributed by atoms with Crippen LogP contribution in [0.3, 0.4) is 0 Å². The van der Waals surface area contributed by atoms with Crippen molar-refractivity contribution in [3.8, 4) is 17.0 Å². The first-order chi connectivity index (χ1) is 17.1. The predicted octanol–water partition coefficient (Wildman–Crippen LogP) is 2.45. The molecule has 0 aliphatic carbocycles. The molecule has 2 N–H and O–H groups in total. The van der Waals surface area contributed by atoms with Gasteiger partial charge in [-0.2, -0.15) is 0 Å². The Hall–Kier alpha value is -4.80. The standard InChI is InChI=1S/C24H20N6O5/c1-34-16-3-2-14-10-30(23(32)17(14)6-16)11-20(29-24(33)27-13-31)22-7-19-21(35-22)5-4-18(28-19)15-8-25-12-26-9-15/h2-9,12-13,20H,10-11H2,1H3,(H2,27,29,31,33)/t20-/m0/s1. The van der Waals surface area contributed by atoms with Crippen molar-refractivity contribution in [2.45, 2.75) is 12.6 Å². The third-order valence-electron chi connectivity index (χ3n) is 5.69. The molecule has 4 aromatic rings. The van der Waals surface area contributed by atoms with Gasteiger partial charge in [0.1, 0.15) is 29.4 Å². The predicted molar refractivity (Wildman–Crippen MR) is 123 cm³/mol. The van der Waals surface area contributed by atoms with Crippen LogP contribution in [0.15, 0.2) is 59.5 Å². The fourth-order valence-corrected chi connectivity index (χ4v) is 4.00. The normalized spacial score (nSPS) is 13.4. The average molecular weight is 472 g/mol. The molecule has 176 valence electrons. The van der Waals surface area contributed by atoms with Gasteiger partial charge in [0.05, 0.1) is 12.8 Å². The Morgan fingerprint density at radius 2 is 2.06 bits per heavy atom. The summed E-state index contributed by atoms with van der Waals surface area (Å²) in [7, 11) is 1.54. The number of ether oxygens (including phenoxy) is 1. The second-order valence-corrected chi connectivity index (χ2v) is 7.85. The lowest BCUT2D eigenvalue weighted by Gasteiger charge is -2.23. The quantitative estimate of drug-likeness (QED) is 0.391. The Morgan fingerprint density at radius 1 is 1.23 bits per heavy atom. The number of nitrogens with one attached hydrogen (secondary N) is 2. The number of benzene rings is 1. The molecular weight excluding hydrogens is 452 g/mol. The third kappa shape index (κ3) is 4.38. The second kappa shape index (κ2) is 9.21. The Morgan fingerprint density at radius 3 is 2.83 bits per heavy atom. The summed E-state index contributed by atoms with van der Waals surface area (Å²) in [6.07, 6.45) is 5.03. The first-order valence-corrected chi connectivity index (χ1v) is 10.7. The number of nitrogens with zero attached hydrogens (tertiary/aromatic N) is 4. The number of rotatable bonds is 7. The van der Waals surface area contributed by atoms with Crippen LogP contribution in [0.25, 0.3) is 22.4 Å². The number of amides is 4. The summed E-state index contributed by atoms with van der Waals surface area (Å²) >= 11 is 0. The number of carbonyl (C=O) groups is 3. The maximum absolute atomic E-state index is 13.0. The van der Waals surface area contributed by atoms with E-state index < -0.39 is 12.1 Å². The lowest BCUT2D eigenvalue weighted by Crippen LogP contribution is -2.42. The van der Waals surface area contributed by atoms with Crippen LogP contribution in [0.1, 0.15) is 27.7 Å². The lowest BCUT2D eigenvalue weighted by molar-refractivity contribution is -0.108. The van der Waals surface area contributed by atoms with Crippen molar-refractivity contribution in [3.63, 3.8) is 0 Å². The van der Waals surface area contributed by atoms with Crippen molar-refractivity contribution >= 4 is 29.4 Å². The highest BCUT2D eigenvalue weighted by Crippen LogP contribution is 2.30. The van der Waals surface area contributed by atoms with E-state index >= 15 is 0 Å². The van der Waals surface area contributed by atoms with Crippen LogP contribution >= 0.6 is 0 Å². The van der Waals surface area contributed by atoms with Gasteiger partial charge >= 0.3 is 6.03 Å². The van der Waals surface area contributed by atoms with E-state index in [0.717, 1.165) is 11.1 Å². The van der Waals surface area contributed by atoms with Crippen LogP contribution < -0.4 is 15.4 Å². The molecule has 0 radical (unpaired) electrons. The van der Waals surface area contributed by atoms with Crippen LogP contribution in [0.4, 0.5) is 4.79 Å². The lowest BCUT2D eigenvalue weighted by atomic mass is 10.1. The monoisotopic (exact) mass is 472 g/mol. The molecule has 4 heterocycles. The van der Waals surface area contributed by atoms with Crippen LogP contribution in [0.5, 0.6) is 5.75 Å². The summed E-state index contributed by atoms with van der Waals surface area (Å²) in [5.74, 6) is 0.778. The van der Waals surface area contributed by atoms with Crippen LogP contribution in [-0.4, -0.2) is 51.9 Å². The van der Waals surface area contributed by atoms with Crippen LogP contribution in [0, 0.1) is 0 Å². The van der Waals surface area contributed by atoms with Gasteiger partial charge in [0, 0.05) is 42.7 Å². The van der Waals surface area contributed by atoms with Crippen molar-refractivity contribution in [1.29, 1.82) is 0 Å². The number of fused-ring (bicyclic) bond motifs is 2. The van der Waals surface area contributed by atoms with E-state index in [-0.39, 0.29) is 18.9 Å². The molecule has 5 rings (SSSR count). The van der Waals surface area contributed by atoms with E-state index in [1.165, 1.54) is 13.4 Å². The molecule has 0 fully saturated rings. The molecule has 1 aliphatic rings. The number of hydrogen-bond acceptors (Lipinski definition) is 8. The number of aromatic nitrogens is 3. The molecule has 0 unspecified atom stereocenters. The van der Waals surface area contributed by atoms with Crippen molar-refractivity contribution < 1.29 is 23.5 Å². The summed E-state index contributed by atoms with van der Waals surface area (Å²) in [6, 6.07) is 9.12. The summed E-state index contributed by atoms with van der Waals surface area (Å²) in [6.45, 7) is 0.476. The fraction of sp³-hybridized carbons (Fsp3) is 0.167. The first kappa shape index (κ1) is 22.0. The minimum atomic E-state index is -0.743. The summed E-state index contributed by atoms with van der Waals surface area (Å²) in [5.41, 5.74) is 3.86. The molecule has 1 aromatic carbocycles. The van der Waals surface area contributed by atoms with Gasteiger partial charge < -0.3 is 19.4 Å². The van der Waals surface area contributed by atoms with Crippen molar-refractivity contribution in [3.05, 3.63) is 72.0 Å². The molecule has 11 heteroatoms. The second-order valence-electron chi connectivity index (χ2n) is 7.85. The first-order valence-electron chi connectivity index (χ1n) is 10.7. The zero-order chi connectivity index (χ0) is 24.4. The number of methoxy groups -OCH3 is 1. The van der Waals surface area contributed by atoms with E-state index in [9.17, 15) is 14.4 Å². The maximum Gasteiger partial charge on any atom is 0.321 e. The fourth-order valence-electron chi connectivity index (χ4n) is 4.00. The van der Waals surface area contributed by atoms with Gasteiger partial charge in [0.2, 0.25) is 6.41 Å². The highest BCUT2D eigenvalue weighted by Gasteiger charge is 2.32. The Kier molecular flexibility index (Phi) is 5.80. The Balaban J connectivity index is 1.44. The van der Waals surface area contributed by atoms with E-state index in [2.05, 4.69) is 25.6 Å². The SMILES string of the molecule is COc1ccc2c(c1)C(=O)N(C[C@H](NC(=O)NC=O)c1cc3nc(-c4cncnc4)ccc3o1)C2. The zero-order valence-corrected chi connectivity index (χ0v) is 18.6. The number of pyridine rings is 1. The third-order valence-corrected chi connectivity index (χ3v) is 5.69. The molecular formula is C24H20N6O5. The smallest absolute Gasteiger partial charge is 0.321 e. The van der Waals surface area contributed by atoms with E-state index in [1.54, 1.807) is 47.6 Å². The molecule has 1 aliphatic heterocycles. The number of furan rings is 1. The highest BCUT2D eigenvalue weighted by molar-refractivity contribution is 5.98. The molecule has 0 bridgehead atoms. The number of hydrogen-bond donors (Lipinski definition) is 2. The van der Waals surface area contributed by atoms with Gasteiger partial charge in [-0.15, -0.1) is 0 Å².